The van der Waals surface area contributed by atoms with Crippen LogP contribution >= 0.6 is 0 Å². The Morgan fingerprint density at radius 1 is 1.50 bits per heavy atom. The second-order valence-corrected chi connectivity index (χ2v) is 3.07. The molecule has 1 rings (SSSR count). The molecule has 0 aliphatic carbocycles. The average Bonchev–Trinajstić information content (AvgIpc) is 2.05. The van der Waals surface area contributed by atoms with Crippen LogP contribution in [0.4, 0.5) is 0 Å². The summed E-state index contributed by atoms with van der Waals surface area (Å²) in [6.45, 7) is 0. The highest BCUT2D eigenvalue weighted by Gasteiger charge is 1.96. The van der Waals surface area contributed by atoms with Crippen molar-refractivity contribution in [1.82, 2.24) is 9.71 Å². The minimum atomic E-state index is -1.08. The highest BCUT2D eigenvalue weighted by atomic mass is 32.2. The van der Waals surface area contributed by atoms with Gasteiger partial charge >= 0.3 is 0 Å². The number of hydrogen-bond acceptors (Lipinski definition) is 2. The SMILES string of the molecule is CNS(=O)c1ccncc1. The van der Waals surface area contributed by atoms with Crippen LogP contribution in [0.25, 0.3) is 0 Å². The number of pyridine rings is 1. The maximum atomic E-state index is 11.0. The summed E-state index contributed by atoms with van der Waals surface area (Å²) in [5.41, 5.74) is 0. The first kappa shape index (κ1) is 7.37. The molecule has 10 heavy (non-hydrogen) atoms. The third kappa shape index (κ3) is 1.62. The lowest BCUT2D eigenvalue weighted by Gasteiger charge is -1.95. The molecule has 0 bridgehead atoms. The Morgan fingerprint density at radius 3 is 2.60 bits per heavy atom. The summed E-state index contributed by atoms with van der Waals surface area (Å²) in [7, 11) is 0.569. The predicted octanol–water partition coefficient (Wildman–Crippen LogP) is 0.324. The quantitative estimate of drug-likeness (QED) is 0.670. The molecule has 0 saturated carbocycles. The zero-order valence-corrected chi connectivity index (χ0v) is 6.39. The fourth-order valence-electron chi connectivity index (χ4n) is 0.580. The van der Waals surface area contributed by atoms with Gasteiger partial charge in [0.05, 0.1) is 4.90 Å². The highest BCUT2D eigenvalue weighted by molar-refractivity contribution is 7.83. The zero-order valence-electron chi connectivity index (χ0n) is 5.57. The fraction of sp³-hybridized carbons (Fsp3) is 0.167. The van der Waals surface area contributed by atoms with Crippen LogP contribution in [0.2, 0.25) is 0 Å². The van der Waals surface area contributed by atoms with E-state index in [1.165, 1.54) is 0 Å². The van der Waals surface area contributed by atoms with E-state index in [4.69, 9.17) is 0 Å². The van der Waals surface area contributed by atoms with E-state index in [9.17, 15) is 4.21 Å². The summed E-state index contributed by atoms with van der Waals surface area (Å²) in [6.07, 6.45) is 3.23. The van der Waals surface area contributed by atoms with Crippen LogP contribution in [0.1, 0.15) is 0 Å². The number of aromatic nitrogens is 1. The van der Waals surface area contributed by atoms with Crippen molar-refractivity contribution in [2.75, 3.05) is 7.05 Å². The van der Waals surface area contributed by atoms with Gasteiger partial charge in [0.1, 0.15) is 11.0 Å². The van der Waals surface area contributed by atoms with Gasteiger partial charge in [0.2, 0.25) is 0 Å². The van der Waals surface area contributed by atoms with Crippen molar-refractivity contribution >= 4 is 11.0 Å². The van der Waals surface area contributed by atoms with Crippen molar-refractivity contribution in [2.45, 2.75) is 4.90 Å². The summed E-state index contributed by atoms with van der Waals surface area (Å²) in [6, 6.07) is 3.43. The van der Waals surface area contributed by atoms with Gasteiger partial charge < -0.3 is 0 Å². The Hall–Kier alpha value is -0.740. The largest absolute Gasteiger partial charge is 0.265 e. The number of hydrogen-bond donors (Lipinski definition) is 1. The zero-order chi connectivity index (χ0) is 7.40. The predicted molar refractivity (Wildman–Crippen MR) is 39.7 cm³/mol. The van der Waals surface area contributed by atoms with Crippen molar-refractivity contribution < 1.29 is 4.21 Å². The third-order valence-electron chi connectivity index (χ3n) is 1.05. The fourth-order valence-corrected chi connectivity index (χ4v) is 1.18. The molecule has 1 aromatic heterocycles. The molecule has 3 nitrogen and oxygen atoms in total. The van der Waals surface area contributed by atoms with Crippen LogP contribution in [-0.4, -0.2) is 16.2 Å². The van der Waals surface area contributed by atoms with Crippen LogP contribution in [0, 0.1) is 0 Å². The summed E-state index contributed by atoms with van der Waals surface area (Å²) < 4.78 is 13.6. The Morgan fingerprint density at radius 2 is 2.10 bits per heavy atom. The maximum absolute atomic E-state index is 11.0. The van der Waals surface area contributed by atoms with E-state index in [1.807, 2.05) is 0 Å². The molecule has 0 aromatic carbocycles. The topological polar surface area (TPSA) is 42.0 Å². The summed E-state index contributed by atoms with van der Waals surface area (Å²) in [5.74, 6) is 0. The van der Waals surface area contributed by atoms with Gasteiger partial charge in [-0.05, 0) is 19.2 Å². The molecule has 0 aliphatic heterocycles. The van der Waals surface area contributed by atoms with E-state index in [1.54, 1.807) is 31.6 Å². The first-order valence-corrected chi connectivity index (χ1v) is 3.99. The van der Waals surface area contributed by atoms with Gasteiger partial charge in [-0.15, -0.1) is 0 Å². The van der Waals surface area contributed by atoms with Crippen LogP contribution in [0.15, 0.2) is 29.4 Å². The molecule has 54 valence electrons. The lowest BCUT2D eigenvalue weighted by Crippen LogP contribution is -2.10. The summed E-state index contributed by atoms with van der Waals surface area (Å²) in [5, 5.41) is 0. The highest BCUT2D eigenvalue weighted by Crippen LogP contribution is 1.99. The molecule has 0 fully saturated rings. The van der Waals surface area contributed by atoms with Gasteiger partial charge in [0.25, 0.3) is 0 Å². The van der Waals surface area contributed by atoms with Crippen molar-refractivity contribution in [3.8, 4) is 0 Å². The van der Waals surface area contributed by atoms with Gasteiger partial charge in [-0.3, -0.25) is 4.98 Å². The molecule has 1 atom stereocenters. The second kappa shape index (κ2) is 3.43. The third-order valence-corrected chi connectivity index (χ3v) is 2.12. The van der Waals surface area contributed by atoms with E-state index >= 15 is 0 Å². The Kier molecular flexibility index (Phi) is 2.53. The molecule has 0 aliphatic rings. The van der Waals surface area contributed by atoms with Gasteiger partial charge in [0, 0.05) is 12.4 Å². The van der Waals surface area contributed by atoms with Crippen molar-refractivity contribution in [1.29, 1.82) is 0 Å². The minimum absolute atomic E-state index is 0.748. The normalized spacial score (nSPS) is 12.9. The molecule has 0 spiro atoms. The van der Waals surface area contributed by atoms with Crippen molar-refractivity contribution in [3.63, 3.8) is 0 Å². The monoisotopic (exact) mass is 156 g/mol. The van der Waals surface area contributed by atoms with Crippen LogP contribution in [-0.2, 0) is 11.0 Å². The Bertz CT molecular complexity index is 224. The molecular formula is C6H8N2OS. The molecule has 0 saturated heterocycles. The maximum Gasteiger partial charge on any atom is 0.124 e. The van der Waals surface area contributed by atoms with Gasteiger partial charge in [-0.1, -0.05) is 0 Å². The molecule has 1 aromatic rings. The number of nitrogens with one attached hydrogen (secondary N) is 1. The first-order valence-electron chi connectivity index (χ1n) is 2.84. The number of nitrogens with zero attached hydrogens (tertiary/aromatic N) is 1. The number of rotatable bonds is 2. The van der Waals surface area contributed by atoms with E-state index in [2.05, 4.69) is 9.71 Å². The second-order valence-electron chi connectivity index (χ2n) is 1.66. The summed E-state index contributed by atoms with van der Waals surface area (Å²) in [4.78, 5) is 4.55. The lowest BCUT2D eigenvalue weighted by atomic mass is 10.5. The van der Waals surface area contributed by atoms with Crippen LogP contribution in [0.3, 0.4) is 0 Å². The van der Waals surface area contributed by atoms with Crippen molar-refractivity contribution in [3.05, 3.63) is 24.5 Å². The van der Waals surface area contributed by atoms with E-state index in [-0.39, 0.29) is 0 Å². The minimum Gasteiger partial charge on any atom is -0.265 e. The smallest absolute Gasteiger partial charge is 0.124 e. The molecule has 0 amide bonds. The van der Waals surface area contributed by atoms with Crippen LogP contribution in [0.5, 0.6) is 0 Å². The summed E-state index contributed by atoms with van der Waals surface area (Å²) >= 11 is 0. The molecule has 1 heterocycles. The van der Waals surface area contributed by atoms with Gasteiger partial charge in [0.15, 0.2) is 0 Å². The Labute approximate surface area is 62.1 Å². The lowest BCUT2D eigenvalue weighted by molar-refractivity contribution is 0.678. The Balaban J connectivity index is 2.85. The molecule has 0 radical (unpaired) electrons. The van der Waals surface area contributed by atoms with E-state index in [0.717, 1.165) is 4.90 Å². The molecule has 1 N–H and O–H groups in total. The average molecular weight is 156 g/mol. The van der Waals surface area contributed by atoms with Gasteiger partial charge in [-0.2, -0.15) is 0 Å². The standard InChI is InChI=1S/C6H8N2OS/c1-7-10(9)6-2-4-8-5-3-6/h2-5,7H,1H3. The van der Waals surface area contributed by atoms with E-state index < -0.39 is 11.0 Å². The van der Waals surface area contributed by atoms with E-state index in [0.29, 0.717) is 0 Å². The molecule has 1 unspecified atom stereocenters. The molecule has 4 heteroatoms. The first-order chi connectivity index (χ1) is 4.84. The van der Waals surface area contributed by atoms with Gasteiger partial charge in [-0.25, -0.2) is 8.93 Å². The van der Waals surface area contributed by atoms with Crippen LogP contribution < -0.4 is 4.72 Å². The van der Waals surface area contributed by atoms with Crippen molar-refractivity contribution in [2.24, 2.45) is 0 Å². The molecular weight excluding hydrogens is 148 g/mol.